The Labute approximate surface area is 89.9 Å². The molecule has 0 spiro atoms. The summed E-state index contributed by atoms with van der Waals surface area (Å²) in [5, 5.41) is 21.7. The van der Waals surface area contributed by atoms with Gasteiger partial charge in [0.2, 0.25) is 0 Å². The van der Waals surface area contributed by atoms with Crippen molar-refractivity contribution in [2.24, 2.45) is 0 Å². The summed E-state index contributed by atoms with van der Waals surface area (Å²) >= 11 is 0. The second kappa shape index (κ2) is 5.36. The summed E-state index contributed by atoms with van der Waals surface area (Å²) in [6.45, 7) is -0.975. The van der Waals surface area contributed by atoms with E-state index in [2.05, 4.69) is 5.32 Å². The minimum Gasteiger partial charge on any atom is -0.392 e. The van der Waals surface area contributed by atoms with Crippen molar-refractivity contribution in [1.82, 2.24) is 0 Å². The largest absolute Gasteiger partial charge is 0.392 e. The number of nitrogens with zero attached hydrogens (tertiary/aromatic N) is 1. The Morgan fingerprint density at radius 3 is 2.69 bits per heavy atom. The van der Waals surface area contributed by atoms with Crippen molar-refractivity contribution < 1.29 is 18.8 Å². The van der Waals surface area contributed by atoms with Gasteiger partial charge in [0.15, 0.2) is 0 Å². The molecule has 0 aliphatic carbocycles. The molecule has 2 N–H and O–H groups in total. The zero-order valence-electron chi connectivity index (χ0n) is 8.19. The Morgan fingerprint density at radius 2 is 2.19 bits per heavy atom. The second-order valence-corrected chi connectivity index (χ2v) is 3.04. The van der Waals surface area contributed by atoms with Crippen LogP contribution in [0.15, 0.2) is 18.2 Å². The molecule has 1 aromatic rings. The lowest BCUT2D eigenvalue weighted by Gasteiger charge is -2.07. The number of rotatable bonds is 5. The third kappa shape index (κ3) is 3.13. The van der Waals surface area contributed by atoms with E-state index in [9.17, 15) is 18.9 Å². The Morgan fingerprint density at radius 1 is 1.50 bits per heavy atom. The number of nitro benzene ring substituents is 1. The molecule has 0 aromatic heterocycles. The second-order valence-electron chi connectivity index (χ2n) is 3.04. The van der Waals surface area contributed by atoms with Crippen molar-refractivity contribution in [3.05, 3.63) is 33.9 Å². The highest BCUT2D eigenvalue weighted by atomic mass is 19.3. The van der Waals surface area contributed by atoms with Crippen LogP contribution in [0, 0.1) is 10.1 Å². The van der Waals surface area contributed by atoms with E-state index in [4.69, 9.17) is 5.11 Å². The summed E-state index contributed by atoms with van der Waals surface area (Å²) in [6.07, 6.45) is -2.60. The lowest BCUT2D eigenvalue weighted by Crippen LogP contribution is -2.11. The predicted octanol–water partition coefficient (Wildman–Crippen LogP) is 1.76. The van der Waals surface area contributed by atoms with Gasteiger partial charge in [-0.3, -0.25) is 10.1 Å². The van der Waals surface area contributed by atoms with E-state index in [1.807, 2.05) is 0 Å². The van der Waals surface area contributed by atoms with Gasteiger partial charge in [-0.15, -0.1) is 0 Å². The van der Waals surface area contributed by atoms with E-state index in [1.165, 1.54) is 18.2 Å². The van der Waals surface area contributed by atoms with Crippen LogP contribution in [-0.4, -0.2) is 23.0 Å². The number of hydrogen-bond acceptors (Lipinski definition) is 4. The van der Waals surface area contributed by atoms with E-state index >= 15 is 0 Å². The van der Waals surface area contributed by atoms with Crippen LogP contribution in [0.1, 0.15) is 5.56 Å². The molecule has 0 aliphatic heterocycles. The number of halogens is 2. The first-order chi connectivity index (χ1) is 7.54. The number of benzene rings is 1. The van der Waals surface area contributed by atoms with Gasteiger partial charge >= 0.3 is 0 Å². The maximum atomic E-state index is 12.0. The molecule has 0 heterocycles. The van der Waals surface area contributed by atoms with Crippen LogP contribution in [0.5, 0.6) is 0 Å². The molecule has 88 valence electrons. The predicted molar refractivity (Wildman–Crippen MR) is 53.5 cm³/mol. The fraction of sp³-hybridized carbons (Fsp3) is 0.333. The molecule has 0 unspecified atom stereocenters. The van der Waals surface area contributed by atoms with Crippen LogP contribution >= 0.6 is 0 Å². The first-order valence-electron chi connectivity index (χ1n) is 4.44. The first-order valence-corrected chi connectivity index (χ1v) is 4.44. The zero-order chi connectivity index (χ0) is 12.1. The number of aliphatic hydroxyl groups excluding tert-OH is 1. The number of anilines is 1. The molecule has 16 heavy (non-hydrogen) atoms. The molecule has 0 fully saturated rings. The summed E-state index contributed by atoms with van der Waals surface area (Å²) in [4.78, 5) is 9.91. The zero-order valence-corrected chi connectivity index (χ0v) is 8.19. The SMILES string of the molecule is O=[N+]([O-])c1ccc(CO)cc1NCC(F)F. The summed E-state index contributed by atoms with van der Waals surface area (Å²) in [7, 11) is 0. The van der Waals surface area contributed by atoms with Crippen LogP contribution < -0.4 is 5.32 Å². The maximum absolute atomic E-state index is 12.0. The van der Waals surface area contributed by atoms with Gasteiger partial charge in [0.05, 0.1) is 18.1 Å². The Hall–Kier alpha value is -1.76. The van der Waals surface area contributed by atoms with Gasteiger partial charge in [-0.1, -0.05) is 0 Å². The average Bonchev–Trinajstić information content (AvgIpc) is 2.25. The fourth-order valence-corrected chi connectivity index (χ4v) is 1.17. The van der Waals surface area contributed by atoms with Crippen molar-refractivity contribution in [3.63, 3.8) is 0 Å². The van der Waals surface area contributed by atoms with Crippen molar-refractivity contribution in [3.8, 4) is 0 Å². The van der Waals surface area contributed by atoms with E-state index in [0.29, 0.717) is 5.56 Å². The summed E-state index contributed by atoms with van der Waals surface area (Å²) in [5.74, 6) is 0. The molecule has 1 aromatic carbocycles. The Bertz CT molecular complexity index is 385. The van der Waals surface area contributed by atoms with Gasteiger partial charge in [-0.05, 0) is 17.7 Å². The molecule has 5 nitrogen and oxygen atoms in total. The van der Waals surface area contributed by atoms with E-state index in [0.717, 1.165) is 0 Å². The highest BCUT2D eigenvalue weighted by Gasteiger charge is 2.15. The van der Waals surface area contributed by atoms with Gasteiger partial charge in [-0.2, -0.15) is 0 Å². The van der Waals surface area contributed by atoms with Crippen LogP contribution in [0.25, 0.3) is 0 Å². The highest BCUT2D eigenvalue weighted by molar-refractivity contribution is 5.62. The van der Waals surface area contributed by atoms with Crippen LogP contribution in [0.3, 0.4) is 0 Å². The molecule has 1 rings (SSSR count). The van der Waals surface area contributed by atoms with Crippen molar-refractivity contribution >= 4 is 11.4 Å². The summed E-state index contributed by atoms with van der Waals surface area (Å²) in [5.41, 5.74) is 0.108. The van der Waals surface area contributed by atoms with Gasteiger partial charge < -0.3 is 10.4 Å². The molecule has 0 saturated carbocycles. The van der Waals surface area contributed by atoms with Crippen LogP contribution in [-0.2, 0) is 6.61 Å². The number of alkyl halides is 2. The number of aliphatic hydroxyl groups is 1. The van der Waals surface area contributed by atoms with Crippen molar-refractivity contribution in [1.29, 1.82) is 0 Å². The smallest absolute Gasteiger partial charge is 0.292 e. The van der Waals surface area contributed by atoms with E-state index in [-0.39, 0.29) is 18.0 Å². The van der Waals surface area contributed by atoms with E-state index in [1.54, 1.807) is 0 Å². The van der Waals surface area contributed by atoms with Crippen molar-refractivity contribution in [2.75, 3.05) is 11.9 Å². The number of nitro groups is 1. The number of hydrogen-bond donors (Lipinski definition) is 2. The highest BCUT2D eigenvalue weighted by Crippen LogP contribution is 2.25. The Kier molecular flexibility index (Phi) is 4.12. The Balaban J connectivity index is 2.96. The lowest BCUT2D eigenvalue weighted by molar-refractivity contribution is -0.384. The van der Waals surface area contributed by atoms with Crippen LogP contribution in [0.2, 0.25) is 0 Å². The quantitative estimate of drug-likeness (QED) is 0.599. The monoisotopic (exact) mass is 232 g/mol. The van der Waals surface area contributed by atoms with Gasteiger partial charge in [-0.25, -0.2) is 8.78 Å². The van der Waals surface area contributed by atoms with Gasteiger partial charge in [0.1, 0.15) is 5.69 Å². The normalized spacial score (nSPS) is 10.5. The third-order valence-electron chi connectivity index (χ3n) is 1.89. The molecular formula is C9H10F2N2O3. The molecule has 0 bridgehead atoms. The summed E-state index contributed by atoms with van der Waals surface area (Å²) in [6, 6.07) is 3.81. The molecule has 0 atom stereocenters. The maximum Gasteiger partial charge on any atom is 0.292 e. The molecule has 0 radical (unpaired) electrons. The number of nitrogens with one attached hydrogen (secondary N) is 1. The topological polar surface area (TPSA) is 75.4 Å². The summed E-state index contributed by atoms with van der Waals surface area (Å²) < 4.78 is 23.9. The van der Waals surface area contributed by atoms with Gasteiger partial charge in [0.25, 0.3) is 12.1 Å². The fourth-order valence-electron chi connectivity index (χ4n) is 1.17. The molecule has 0 aliphatic rings. The molecule has 7 heteroatoms. The minimum absolute atomic E-state index is 0.0168. The lowest BCUT2D eigenvalue weighted by atomic mass is 10.2. The molecule has 0 amide bonds. The van der Waals surface area contributed by atoms with Crippen LogP contribution in [0.4, 0.5) is 20.2 Å². The molecular weight excluding hydrogens is 222 g/mol. The van der Waals surface area contributed by atoms with E-state index < -0.39 is 17.9 Å². The average molecular weight is 232 g/mol. The first kappa shape index (κ1) is 12.3. The third-order valence-corrected chi connectivity index (χ3v) is 1.89. The molecule has 0 saturated heterocycles. The van der Waals surface area contributed by atoms with Crippen molar-refractivity contribution in [2.45, 2.75) is 13.0 Å². The van der Waals surface area contributed by atoms with Gasteiger partial charge in [0, 0.05) is 6.07 Å². The minimum atomic E-state index is -2.60. The standard InChI is InChI=1S/C9H10F2N2O3/c10-9(11)4-12-7-3-6(5-14)1-2-8(7)13(15)16/h1-3,9,12,14H,4-5H2.